The predicted molar refractivity (Wildman–Crippen MR) is 66.0 cm³/mol. The Balaban J connectivity index is 2.37. The lowest BCUT2D eigenvalue weighted by Gasteiger charge is -2.26. The topological polar surface area (TPSA) is 53.5 Å². The summed E-state index contributed by atoms with van der Waals surface area (Å²) in [5.74, 6) is 0.712. The lowest BCUT2D eigenvalue weighted by molar-refractivity contribution is 0.358. The molecule has 3 N–H and O–H groups in total. The number of benzene rings is 1. The van der Waals surface area contributed by atoms with E-state index in [2.05, 4.69) is 26.6 Å². The highest BCUT2D eigenvalue weighted by atomic mass is 79.9. The van der Waals surface area contributed by atoms with Gasteiger partial charge in [-0.15, -0.1) is 0 Å². The van der Waals surface area contributed by atoms with E-state index in [1.54, 1.807) is 13.2 Å². The van der Waals surface area contributed by atoms with Crippen LogP contribution < -0.4 is 15.4 Å². The van der Waals surface area contributed by atoms with Crippen LogP contribution >= 0.6 is 15.9 Å². The molecule has 0 amide bonds. The van der Waals surface area contributed by atoms with Crippen LogP contribution in [0.5, 0.6) is 11.5 Å². The number of ether oxygens (including phenoxy) is 1. The first-order chi connectivity index (χ1) is 7.74. The second-order valence-electron chi connectivity index (χ2n) is 3.72. The van der Waals surface area contributed by atoms with Crippen LogP contribution in [0.25, 0.3) is 0 Å². The Morgan fingerprint density at radius 2 is 2.25 bits per heavy atom. The van der Waals surface area contributed by atoms with Gasteiger partial charge < -0.3 is 20.5 Å². The first kappa shape index (κ1) is 11.7. The van der Waals surface area contributed by atoms with Gasteiger partial charge in [0.05, 0.1) is 7.11 Å². The van der Waals surface area contributed by atoms with Gasteiger partial charge in [-0.2, -0.15) is 0 Å². The van der Waals surface area contributed by atoms with Crippen LogP contribution in [-0.2, 0) is 0 Å². The number of phenols is 1. The average molecular weight is 287 g/mol. The molecule has 5 heteroatoms. The van der Waals surface area contributed by atoms with Crippen molar-refractivity contribution in [1.82, 2.24) is 10.6 Å². The Bertz CT molecular complexity index is 378. The summed E-state index contributed by atoms with van der Waals surface area (Å²) >= 11 is 3.46. The number of rotatable bonds is 2. The highest BCUT2D eigenvalue weighted by molar-refractivity contribution is 9.10. The molecule has 0 aromatic heterocycles. The van der Waals surface area contributed by atoms with Crippen LogP contribution in [0.4, 0.5) is 0 Å². The van der Waals surface area contributed by atoms with E-state index in [4.69, 9.17) is 4.74 Å². The number of methoxy groups -OCH3 is 1. The summed E-state index contributed by atoms with van der Waals surface area (Å²) in [6.45, 7) is 2.66. The third-order valence-electron chi connectivity index (χ3n) is 2.74. The molecule has 1 fully saturated rings. The van der Waals surface area contributed by atoms with Gasteiger partial charge in [-0.05, 0) is 12.1 Å². The minimum atomic E-state index is 0.109. The fraction of sp³-hybridized carbons (Fsp3) is 0.455. The second-order valence-corrected chi connectivity index (χ2v) is 4.58. The van der Waals surface area contributed by atoms with Crippen LogP contribution in [0.2, 0.25) is 0 Å². The molecule has 0 radical (unpaired) electrons. The number of hydrogen-bond acceptors (Lipinski definition) is 4. The van der Waals surface area contributed by atoms with Crippen molar-refractivity contribution in [3.63, 3.8) is 0 Å². The molecule has 88 valence electrons. The van der Waals surface area contributed by atoms with Crippen molar-refractivity contribution < 1.29 is 9.84 Å². The highest BCUT2D eigenvalue weighted by Crippen LogP contribution is 2.38. The Hall–Kier alpha value is -0.780. The summed E-state index contributed by atoms with van der Waals surface area (Å²) in [6.07, 6.45) is 0. The number of halogens is 1. The number of nitrogens with one attached hydrogen (secondary N) is 2. The average Bonchev–Trinajstić information content (AvgIpc) is 2.31. The van der Waals surface area contributed by atoms with Gasteiger partial charge in [0.15, 0.2) is 11.5 Å². The fourth-order valence-corrected chi connectivity index (χ4v) is 2.51. The lowest BCUT2D eigenvalue weighted by Crippen LogP contribution is -2.42. The number of piperazine rings is 1. The van der Waals surface area contributed by atoms with E-state index in [1.807, 2.05) is 6.07 Å². The maximum absolute atomic E-state index is 10.1. The molecule has 0 saturated carbocycles. The van der Waals surface area contributed by atoms with E-state index in [1.165, 1.54) is 0 Å². The van der Waals surface area contributed by atoms with Crippen LogP contribution in [0.1, 0.15) is 11.6 Å². The minimum Gasteiger partial charge on any atom is -0.504 e. The van der Waals surface area contributed by atoms with Crippen molar-refractivity contribution in [2.75, 3.05) is 26.7 Å². The fourth-order valence-electron chi connectivity index (χ4n) is 1.92. The van der Waals surface area contributed by atoms with Gasteiger partial charge in [0.25, 0.3) is 0 Å². The molecular weight excluding hydrogens is 272 g/mol. The van der Waals surface area contributed by atoms with E-state index in [9.17, 15) is 5.11 Å². The van der Waals surface area contributed by atoms with Crippen molar-refractivity contribution in [3.8, 4) is 11.5 Å². The van der Waals surface area contributed by atoms with Crippen molar-refractivity contribution in [2.45, 2.75) is 6.04 Å². The van der Waals surface area contributed by atoms with Crippen LogP contribution in [0, 0.1) is 0 Å². The third kappa shape index (κ3) is 2.16. The van der Waals surface area contributed by atoms with Gasteiger partial charge in [-0.3, -0.25) is 0 Å². The number of aromatic hydroxyl groups is 1. The van der Waals surface area contributed by atoms with Gasteiger partial charge in [0, 0.05) is 35.7 Å². The van der Waals surface area contributed by atoms with Crippen molar-refractivity contribution in [3.05, 3.63) is 22.2 Å². The van der Waals surface area contributed by atoms with Crippen LogP contribution in [0.15, 0.2) is 16.6 Å². The molecule has 1 aromatic rings. The summed E-state index contributed by atoms with van der Waals surface area (Å²) < 4.78 is 6.01. The molecule has 16 heavy (non-hydrogen) atoms. The Morgan fingerprint density at radius 1 is 1.44 bits per heavy atom. The first-order valence-electron chi connectivity index (χ1n) is 5.23. The number of hydrogen-bond donors (Lipinski definition) is 3. The van der Waals surface area contributed by atoms with E-state index >= 15 is 0 Å². The van der Waals surface area contributed by atoms with Crippen LogP contribution in [-0.4, -0.2) is 31.9 Å². The summed E-state index contributed by atoms with van der Waals surface area (Å²) in [7, 11) is 1.55. The van der Waals surface area contributed by atoms with Gasteiger partial charge >= 0.3 is 0 Å². The molecule has 4 nitrogen and oxygen atoms in total. The molecule has 1 aromatic carbocycles. The molecular formula is C11H15BrN2O2. The van der Waals surface area contributed by atoms with E-state index in [-0.39, 0.29) is 11.8 Å². The van der Waals surface area contributed by atoms with E-state index in [0.29, 0.717) is 5.75 Å². The molecule has 0 aliphatic carbocycles. The smallest absolute Gasteiger partial charge is 0.163 e. The van der Waals surface area contributed by atoms with Crippen molar-refractivity contribution in [1.29, 1.82) is 0 Å². The first-order valence-corrected chi connectivity index (χ1v) is 6.02. The largest absolute Gasteiger partial charge is 0.504 e. The van der Waals surface area contributed by atoms with Gasteiger partial charge in [-0.25, -0.2) is 0 Å². The Labute approximate surface area is 103 Å². The molecule has 1 aliphatic rings. The summed E-state index contributed by atoms with van der Waals surface area (Å²) in [4.78, 5) is 0. The predicted octanol–water partition coefficient (Wildman–Crippen LogP) is 1.40. The zero-order valence-corrected chi connectivity index (χ0v) is 10.7. The van der Waals surface area contributed by atoms with Gasteiger partial charge in [0.1, 0.15) is 0 Å². The molecule has 1 heterocycles. The zero-order valence-electron chi connectivity index (χ0n) is 9.09. The molecule has 0 spiro atoms. The lowest BCUT2D eigenvalue weighted by atomic mass is 10.0. The summed E-state index contributed by atoms with van der Waals surface area (Å²) in [5.41, 5.74) is 0.853. The van der Waals surface area contributed by atoms with E-state index in [0.717, 1.165) is 29.7 Å². The highest BCUT2D eigenvalue weighted by Gasteiger charge is 2.22. The SMILES string of the molecule is COc1ccc(Br)c([C@@H]2CNCCN2)c1O. The van der Waals surface area contributed by atoms with Gasteiger partial charge in [-0.1, -0.05) is 15.9 Å². The van der Waals surface area contributed by atoms with Gasteiger partial charge in [0.2, 0.25) is 0 Å². The number of phenolic OH excluding ortho intramolecular Hbond substituents is 1. The standard InChI is InChI=1S/C11H15BrN2O2/c1-16-9-3-2-7(12)10(11(9)15)8-6-13-4-5-14-8/h2-3,8,13-15H,4-6H2,1H3/t8-/m0/s1. The second kappa shape index (κ2) is 5.03. The van der Waals surface area contributed by atoms with Crippen molar-refractivity contribution >= 4 is 15.9 Å². The maximum Gasteiger partial charge on any atom is 0.163 e. The quantitative estimate of drug-likeness (QED) is 0.769. The van der Waals surface area contributed by atoms with Crippen LogP contribution in [0.3, 0.4) is 0 Å². The van der Waals surface area contributed by atoms with E-state index < -0.39 is 0 Å². The monoisotopic (exact) mass is 286 g/mol. The summed E-state index contributed by atoms with van der Waals surface area (Å²) in [6, 6.07) is 3.75. The molecule has 0 bridgehead atoms. The molecule has 1 atom stereocenters. The minimum absolute atomic E-state index is 0.109. The molecule has 0 unspecified atom stereocenters. The molecule has 1 saturated heterocycles. The normalized spacial score (nSPS) is 20.8. The maximum atomic E-state index is 10.1. The van der Waals surface area contributed by atoms with Crippen molar-refractivity contribution in [2.24, 2.45) is 0 Å². The molecule has 2 rings (SSSR count). The zero-order chi connectivity index (χ0) is 11.5. The summed E-state index contributed by atoms with van der Waals surface area (Å²) in [5, 5.41) is 16.7. The third-order valence-corrected chi connectivity index (χ3v) is 3.43. The molecule has 1 aliphatic heterocycles. The Morgan fingerprint density at radius 3 is 2.88 bits per heavy atom. The Kier molecular flexibility index (Phi) is 3.68.